The fraction of sp³-hybridized carbons (Fsp3) is 0.450. The molecule has 1 aromatic heterocycles. The third-order valence-corrected chi connectivity index (χ3v) is 5.55. The fourth-order valence-electron chi connectivity index (χ4n) is 3.92. The molecular formula is C20H26N6O. The maximum Gasteiger partial charge on any atom is 0.260 e. The number of amides is 1. The van der Waals surface area contributed by atoms with Crippen molar-refractivity contribution in [3.8, 4) is 0 Å². The van der Waals surface area contributed by atoms with E-state index in [4.69, 9.17) is 4.98 Å². The average Bonchev–Trinajstić information content (AvgIpc) is 2.74. The molecule has 0 unspecified atom stereocenters. The Morgan fingerprint density at radius 2 is 1.74 bits per heavy atom. The number of anilines is 4. The summed E-state index contributed by atoms with van der Waals surface area (Å²) in [6.07, 6.45) is 2.15. The molecule has 0 atom stereocenters. The van der Waals surface area contributed by atoms with Gasteiger partial charge in [-0.1, -0.05) is 12.1 Å². The number of aryl methyl sites for hydroxylation is 1. The Kier molecular flexibility index (Phi) is 4.47. The highest BCUT2D eigenvalue weighted by Crippen LogP contribution is 2.39. The predicted octanol–water partition coefficient (Wildman–Crippen LogP) is 2.65. The number of piperidine rings is 1. The Hall–Kier alpha value is -2.67. The summed E-state index contributed by atoms with van der Waals surface area (Å²) >= 11 is 0. The molecule has 1 amide bonds. The van der Waals surface area contributed by atoms with E-state index in [0.29, 0.717) is 17.6 Å². The SMILES string of the molecule is Cc1nc(NC2CCN(C)CC2)nc2c1N(C)C(=O)c1ccccc1N2C. The van der Waals surface area contributed by atoms with Gasteiger partial charge in [-0.25, -0.2) is 4.98 Å². The van der Waals surface area contributed by atoms with E-state index in [1.165, 1.54) is 0 Å². The number of rotatable bonds is 2. The lowest BCUT2D eigenvalue weighted by Crippen LogP contribution is -2.37. The Morgan fingerprint density at radius 1 is 1.04 bits per heavy atom. The van der Waals surface area contributed by atoms with Crippen molar-refractivity contribution in [2.24, 2.45) is 0 Å². The van der Waals surface area contributed by atoms with Gasteiger partial charge < -0.3 is 20.0 Å². The van der Waals surface area contributed by atoms with Crippen molar-refractivity contribution in [3.63, 3.8) is 0 Å². The second-order valence-corrected chi connectivity index (χ2v) is 7.47. The first-order valence-electron chi connectivity index (χ1n) is 9.40. The van der Waals surface area contributed by atoms with Gasteiger partial charge in [0.2, 0.25) is 5.95 Å². The fourth-order valence-corrected chi connectivity index (χ4v) is 3.92. The van der Waals surface area contributed by atoms with Crippen molar-refractivity contribution in [3.05, 3.63) is 35.5 Å². The molecule has 142 valence electrons. The van der Waals surface area contributed by atoms with Crippen LogP contribution in [0.15, 0.2) is 24.3 Å². The van der Waals surface area contributed by atoms with Crippen LogP contribution in [-0.2, 0) is 0 Å². The molecule has 0 spiro atoms. The summed E-state index contributed by atoms with van der Waals surface area (Å²) in [6.45, 7) is 4.09. The number of hydrogen-bond donors (Lipinski definition) is 1. The van der Waals surface area contributed by atoms with Gasteiger partial charge in [0.1, 0.15) is 5.69 Å². The number of para-hydroxylation sites is 1. The first-order valence-corrected chi connectivity index (χ1v) is 9.40. The van der Waals surface area contributed by atoms with Gasteiger partial charge in [-0.3, -0.25) is 4.79 Å². The quantitative estimate of drug-likeness (QED) is 0.882. The molecule has 1 aromatic carbocycles. The summed E-state index contributed by atoms with van der Waals surface area (Å²) in [5.74, 6) is 1.34. The van der Waals surface area contributed by atoms with Gasteiger partial charge in [0, 0.05) is 20.1 Å². The standard InChI is InChI=1S/C20H26N6O/c1-13-17-18(23-20(21-13)22-14-9-11-24(2)12-10-14)25(3)16-8-6-5-7-15(16)19(27)26(17)4/h5-8,14H,9-12H2,1-4H3,(H,21,22,23). The summed E-state index contributed by atoms with van der Waals surface area (Å²) in [5, 5.41) is 3.50. The lowest BCUT2D eigenvalue weighted by Gasteiger charge is -2.30. The summed E-state index contributed by atoms with van der Waals surface area (Å²) in [7, 11) is 5.89. The van der Waals surface area contributed by atoms with Gasteiger partial charge in [-0.15, -0.1) is 0 Å². The number of carbonyl (C=O) groups is 1. The van der Waals surface area contributed by atoms with Crippen LogP contribution in [0.4, 0.5) is 23.1 Å². The van der Waals surface area contributed by atoms with Gasteiger partial charge in [0.15, 0.2) is 5.82 Å². The van der Waals surface area contributed by atoms with Crippen LogP contribution >= 0.6 is 0 Å². The van der Waals surface area contributed by atoms with E-state index in [1.54, 1.807) is 11.9 Å². The molecule has 7 nitrogen and oxygen atoms in total. The number of benzene rings is 1. The zero-order valence-electron chi connectivity index (χ0n) is 16.4. The normalized spacial score (nSPS) is 18.1. The molecule has 27 heavy (non-hydrogen) atoms. The topological polar surface area (TPSA) is 64.6 Å². The van der Waals surface area contributed by atoms with Crippen molar-refractivity contribution in [1.82, 2.24) is 14.9 Å². The summed E-state index contributed by atoms with van der Waals surface area (Å²) in [6, 6.07) is 8.02. The minimum atomic E-state index is -0.0427. The maximum atomic E-state index is 13.0. The Balaban J connectivity index is 1.74. The smallest absolute Gasteiger partial charge is 0.260 e. The molecule has 2 aliphatic heterocycles. The highest BCUT2D eigenvalue weighted by Gasteiger charge is 2.30. The molecule has 2 aromatic rings. The molecule has 1 N–H and O–H groups in total. The van der Waals surface area contributed by atoms with Crippen LogP contribution in [0.1, 0.15) is 28.9 Å². The van der Waals surface area contributed by atoms with Crippen LogP contribution in [0.5, 0.6) is 0 Å². The van der Waals surface area contributed by atoms with E-state index in [2.05, 4.69) is 22.2 Å². The van der Waals surface area contributed by atoms with Crippen LogP contribution in [-0.4, -0.2) is 61.0 Å². The van der Waals surface area contributed by atoms with Crippen molar-refractivity contribution < 1.29 is 4.79 Å². The van der Waals surface area contributed by atoms with Crippen LogP contribution < -0.4 is 15.1 Å². The molecule has 2 aliphatic rings. The van der Waals surface area contributed by atoms with Crippen molar-refractivity contribution in [1.29, 1.82) is 0 Å². The number of nitrogens with one attached hydrogen (secondary N) is 1. The zero-order chi connectivity index (χ0) is 19.1. The minimum Gasteiger partial charge on any atom is -0.351 e. The molecule has 7 heteroatoms. The first-order chi connectivity index (χ1) is 13.0. The number of aromatic nitrogens is 2. The molecule has 0 bridgehead atoms. The molecule has 1 fully saturated rings. The third kappa shape index (κ3) is 3.12. The predicted molar refractivity (Wildman–Crippen MR) is 108 cm³/mol. The van der Waals surface area contributed by atoms with E-state index in [9.17, 15) is 4.79 Å². The van der Waals surface area contributed by atoms with Crippen LogP contribution in [0.2, 0.25) is 0 Å². The molecule has 4 rings (SSSR count). The van der Waals surface area contributed by atoms with Crippen molar-refractivity contribution in [2.45, 2.75) is 25.8 Å². The van der Waals surface area contributed by atoms with Crippen molar-refractivity contribution in [2.75, 3.05) is 49.3 Å². The second kappa shape index (κ2) is 6.81. The second-order valence-electron chi connectivity index (χ2n) is 7.47. The number of fused-ring (bicyclic) bond motifs is 2. The molecular weight excluding hydrogens is 340 g/mol. The molecule has 3 heterocycles. The molecule has 1 saturated heterocycles. The Labute approximate surface area is 160 Å². The van der Waals surface area contributed by atoms with Crippen LogP contribution in [0.25, 0.3) is 0 Å². The summed E-state index contributed by atoms with van der Waals surface area (Å²) in [4.78, 5) is 28.4. The highest BCUT2D eigenvalue weighted by atomic mass is 16.2. The minimum absolute atomic E-state index is 0.0427. The molecule has 0 aliphatic carbocycles. The van der Waals surface area contributed by atoms with E-state index < -0.39 is 0 Å². The Bertz CT molecular complexity index is 875. The van der Waals surface area contributed by atoms with Gasteiger partial charge in [-0.05, 0) is 52.0 Å². The van der Waals surface area contributed by atoms with E-state index in [-0.39, 0.29) is 5.91 Å². The van der Waals surface area contributed by atoms with E-state index in [1.807, 2.05) is 43.1 Å². The van der Waals surface area contributed by atoms with Gasteiger partial charge in [0.25, 0.3) is 5.91 Å². The lowest BCUT2D eigenvalue weighted by molar-refractivity contribution is 0.0994. The van der Waals surface area contributed by atoms with E-state index in [0.717, 1.165) is 48.8 Å². The molecule has 0 radical (unpaired) electrons. The highest BCUT2D eigenvalue weighted by molar-refractivity contribution is 6.13. The lowest BCUT2D eigenvalue weighted by atomic mass is 10.1. The number of carbonyl (C=O) groups excluding carboxylic acids is 1. The number of hydrogen-bond acceptors (Lipinski definition) is 6. The number of nitrogens with zero attached hydrogens (tertiary/aromatic N) is 5. The first kappa shape index (κ1) is 17.7. The van der Waals surface area contributed by atoms with Gasteiger partial charge in [0.05, 0.1) is 16.9 Å². The third-order valence-electron chi connectivity index (χ3n) is 5.55. The van der Waals surface area contributed by atoms with Crippen LogP contribution in [0.3, 0.4) is 0 Å². The number of likely N-dealkylation sites (tertiary alicyclic amines) is 1. The van der Waals surface area contributed by atoms with Crippen molar-refractivity contribution >= 4 is 29.0 Å². The maximum absolute atomic E-state index is 13.0. The Morgan fingerprint density at radius 3 is 2.48 bits per heavy atom. The zero-order valence-corrected chi connectivity index (χ0v) is 16.4. The van der Waals surface area contributed by atoms with Gasteiger partial charge >= 0.3 is 0 Å². The summed E-state index contributed by atoms with van der Waals surface area (Å²) in [5.41, 5.74) is 3.08. The van der Waals surface area contributed by atoms with Gasteiger partial charge in [-0.2, -0.15) is 4.98 Å². The molecule has 0 saturated carbocycles. The van der Waals surface area contributed by atoms with E-state index >= 15 is 0 Å². The largest absolute Gasteiger partial charge is 0.351 e. The van der Waals surface area contributed by atoms with Crippen LogP contribution in [0, 0.1) is 6.92 Å². The monoisotopic (exact) mass is 366 g/mol. The summed E-state index contributed by atoms with van der Waals surface area (Å²) < 4.78 is 0. The average molecular weight is 366 g/mol.